The van der Waals surface area contributed by atoms with E-state index in [1.165, 1.54) is 25.1 Å². The van der Waals surface area contributed by atoms with Crippen molar-refractivity contribution < 1.29 is 14.3 Å². The Bertz CT molecular complexity index is 2190. The van der Waals surface area contributed by atoms with Crippen molar-refractivity contribution in [2.24, 2.45) is 23.5 Å². The number of nitrogens with zero attached hydrogens (tertiary/aromatic N) is 8. The molecule has 4 aliphatic rings. The van der Waals surface area contributed by atoms with Crippen molar-refractivity contribution in [1.82, 2.24) is 33.9 Å². The second-order valence-corrected chi connectivity index (χ2v) is 14.1. The zero-order chi connectivity index (χ0) is 33.4. The summed E-state index contributed by atoms with van der Waals surface area (Å²) < 4.78 is 10.5. The number of hydrogen-bond donors (Lipinski definition) is 1. The van der Waals surface area contributed by atoms with E-state index in [0.717, 1.165) is 47.5 Å². The lowest BCUT2D eigenvalue weighted by Gasteiger charge is -2.39. The summed E-state index contributed by atoms with van der Waals surface area (Å²) in [6, 6.07) is 15.2. The van der Waals surface area contributed by atoms with Crippen LogP contribution in [-0.4, -0.2) is 84.5 Å². The molecule has 6 heterocycles. The molecule has 2 amide bonds. The molecule has 1 aromatic carbocycles. The molecule has 12 heteroatoms. The van der Waals surface area contributed by atoms with Crippen molar-refractivity contribution in [2.45, 2.75) is 50.9 Å². The minimum absolute atomic E-state index is 0.0308. The molecule has 5 aromatic rings. The van der Waals surface area contributed by atoms with Crippen molar-refractivity contribution in [1.29, 1.82) is 5.26 Å². The molecule has 4 aromatic heterocycles. The van der Waals surface area contributed by atoms with Crippen molar-refractivity contribution in [3.63, 3.8) is 0 Å². The summed E-state index contributed by atoms with van der Waals surface area (Å²) in [7, 11) is 1.63. The first-order valence-electron chi connectivity index (χ1n) is 17.1. The van der Waals surface area contributed by atoms with Crippen LogP contribution in [-0.2, 0) is 13.1 Å². The summed E-state index contributed by atoms with van der Waals surface area (Å²) in [4.78, 5) is 45.0. The molecule has 248 valence electrons. The molecule has 49 heavy (non-hydrogen) atoms. The van der Waals surface area contributed by atoms with Crippen molar-refractivity contribution in [2.75, 3.05) is 26.7 Å². The number of nitrogens with two attached hydrogens (primary N) is 1. The van der Waals surface area contributed by atoms with Gasteiger partial charge in [-0.1, -0.05) is 0 Å². The van der Waals surface area contributed by atoms with E-state index in [1.54, 1.807) is 18.1 Å². The van der Waals surface area contributed by atoms with E-state index in [-0.39, 0.29) is 35.5 Å². The third-order valence-corrected chi connectivity index (χ3v) is 11.0. The van der Waals surface area contributed by atoms with Gasteiger partial charge in [-0.3, -0.25) is 9.59 Å². The first-order valence-corrected chi connectivity index (χ1v) is 17.1. The number of hydrogen-bond acceptors (Lipinski definition) is 8. The summed E-state index contributed by atoms with van der Waals surface area (Å²) in [5.74, 6) is 2.35. The number of benzene rings is 1. The molecular formula is C37H37N9O3. The fourth-order valence-electron chi connectivity index (χ4n) is 8.26. The van der Waals surface area contributed by atoms with E-state index in [0.29, 0.717) is 60.4 Å². The van der Waals surface area contributed by atoms with Crippen LogP contribution in [0.15, 0.2) is 54.9 Å². The van der Waals surface area contributed by atoms with Crippen LogP contribution in [0.1, 0.15) is 52.1 Å². The topological polar surface area (TPSA) is 148 Å². The molecule has 9 rings (SSSR count). The summed E-state index contributed by atoms with van der Waals surface area (Å²) in [6.07, 6.45) is 7.74. The number of carbonyl (C=O) groups is 2. The molecule has 2 unspecified atom stereocenters. The molecule has 2 aliphatic carbocycles. The zero-order valence-corrected chi connectivity index (χ0v) is 27.3. The Morgan fingerprint density at radius 1 is 0.939 bits per heavy atom. The van der Waals surface area contributed by atoms with E-state index in [2.05, 4.69) is 26.3 Å². The average molecular weight is 656 g/mol. The van der Waals surface area contributed by atoms with Crippen LogP contribution in [0.3, 0.4) is 0 Å². The maximum absolute atomic E-state index is 14.0. The number of fused-ring (bicyclic) bond motifs is 4. The number of aromatic nitrogens is 5. The number of rotatable bonds is 8. The number of nitriles is 1. The molecule has 2 bridgehead atoms. The predicted molar refractivity (Wildman–Crippen MR) is 182 cm³/mol. The molecule has 2 saturated carbocycles. The minimum atomic E-state index is -0.113. The molecule has 0 radical (unpaired) electrons. The number of pyridine rings is 2. The summed E-state index contributed by atoms with van der Waals surface area (Å²) in [6.45, 7) is 3.27. The molecular weight excluding hydrogens is 618 g/mol. The quantitative estimate of drug-likeness (QED) is 0.263. The highest BCUT2D eigenvalue weighted by molar-refractivity contribution is 6.00. The second-order valence-electron chi connectivity index (χ2n) is 14.1. The zero-order valence-electron chi connectivity index (χ0n) is 27.3. The van der Waals surface area contributed by atoms with Crippen LogP contribution in [0.2, 0.25) is 0 Å². The molecule has 2 saturated heterocycles. The minimum Gasteiger partial charge on any atom is -0.494 e. The Hall–Kier alpha value is -5.28. The van der Waals surface area contributed by atoms with Crippen LogP contribution in [0.5, 0.6) is 5.75 Å². The number of likely N-dealkylation sites (tertiary alicyclic amines) is 2. The number of imidazole rings is 1. The molecule has 3 atom stereocenters. The number of methoxy groups -OCH3 is 1. The molecule has 2 N–H and O–H groups in total. The highest BCUT2D eigenvalue weighted by Crippen LogP contribution is 2.41. The van der Waals surface area contributed by atoms with E-state index < -0.39 is 0 Å². The van der Waals surface area contributed by atoms with E-state index >= 15 is 0 Å². The largest absolute Gasteiger partial charge is 0.494 e. The summed E-state index contributed by atoms with van der Waals surface area (Å²) >= 11 is 0. The monoisotopic (exact) mass is 655 g/mol. The van der Waals surface area contributed by atoms with E-state index in [9.17, 15) is 14.9 Å². The van der Waals surface area contributed by atoms with Gasteiger partial charge in [-0.15, -0.1) is 0 Å². The van der Waals surface area contributed by atoms with Gasteiger partial charge < -0.3 is 29.4 Å². The number of ether oxygens (including phenoxy) is 1. The second kappa shape index (κ2) is 11.4. The van der Waals surface area contributed by atoms with Gasteiger partial charge in [0.1, 0.15) is 28.7 Å². The van der Waals surface area contributed by atoms with Crippen LogP contribution in [0.4, 0.5) is 0 Å². The van der Waals surface area contributed by atoms with Gasteiger partial charge in [-0.25, -0.2) is 15.0 Å². The first kappa shape index (κ1) is 29.8. The van der Waals surface area contributed by atoms with Gasteiger partial charge in [0.25, 0.3) is 11.8 Å². The predicted octanol–water partition coefficient (Wildman–Crippen LogP) is 4.07. The number of piperidine rings is 1. The highest BCUT2D eigenvalue weighted by Gasteiger charge is 2.47. The van der Waals surface area contributed by atoms with E-state index in [1.807, 2.05) is 35.4 Å². The molecule has 2 aliphatic heterocycles. The number of carbonyl (C=O) groups excluding carboxylic acids is 2. The number of amides is 2. The van der Waals surface area contributed by atoms with Crippen LogP contribution < -0.4 is 10.5 Å². The highest BCUT2D eigenvalue weighted by atomic mass is 16.5. The lowest BCUT2D eigenvalue weighted by atomic mass is 9.98. The SMILES string of the molecule is COc1cc(C(=O)N2CC3CCC2[C@@H]3N)cc2nc(-c3cc4cccnc4n3CC3CC3)n(CC3CN(C(=O)c4ccnc(C#N)c4)C3)c12. The Labute approximate surface area is 283 Å². The summed E-state index contributed by atoms with van der Waals surface area (Å²) in [5, 5.41) is 10.3. The van der Waals surface area contributed by atoms with Crippen molar-refractivity contribution in [3.8, 4) is 23.3 Å². The fraction of sp³-hybridized carbons (Fsp3) is 0.405. The lowest BCUT2D eigenvalue weighted by molar-refractivity contribution is 0.0471. The Morgan fingerprint density at radius 3 is 2.51 bits per heavy atom. The van der Waals surface area contributed by atoms with Crippen LogP contribution in [0.25, 0.3) is 33.6 Å². The van der Waals surface area contributed by atoms with Crippen molar-refractivity contribution >= 4 is 33.9 Å². The van der Waals surface area contributed by atoms with Gasteiger partial charge in [0.2, 0.25) is 0 Å². The molecule has 4 fully saturated rings. The van der Waals surface area contributed by atoms with Crippen molar-refractivity contribution in [3.05, 3.63) is 71.7 Å². The van der Waals surface area contributed by atoms with E-state index in [4.69, 9.17) is 20.4 Å². The fourth-order valence-corrected chi connectivity index (χ4v) is 8.26. The molecule has 0 spiro atoms. The van der Waals surface area contributed by atoms with Gasteiger partial charge >= 0.3 is 0 Å². The third-order valence-electron chi connectivity index (χ3n) is 11.0. The third kappa shape index (κ3) is 4.94. The van der Waals surface area contributed by atoms with Gasteiger partial charge in [-0.2, -0.15) is 5.26 Å². The Kier molecular flexibility index (Phi) is 6.95. The maximum atomic E-state index is 14.0. The Balaban J connectivity index is 1.11. The van der Waals surface area contributed by atoms with Gasteiger partial charge in [-0.05, 0) is 80.0 Å². The van der Waals surface area contributed by atoms with Gasteiger partial charge in [0.05, 0.1) is 18.3 Å². The maximum Gasteiger partial charge on any atom is 0.254 e. The van der Waals surface area contributed by atoms with Gasteiger partial charge in [0.15, 0.2) is 5.82 Å². The lowest BCUT2D eigenvalue weighted by Crippen LogP contribution is -2.51. The standard InChI is InChI=1S/C37H37N9O3/c1-49-31-14-26(37(48)45-20-25-6-7-29(45)32(25)39)12-28-33(31)46(19-22-16-43(17-22)36(47)24-8-10-40-27(11-24)15-38)35(42-28)30-13-23-3-2-9-41-34(23)44(30)18-21-4-5-21/h2-3,8-14,21-22,25,29,32H,4-7,16-20,39H2,1H3/t25?,29?,32-/m1/s1. The first-order chi connectivity index (χ1) is 23.9. The summed E-state index contributed by atoms with van der Waals surface area (Å²) in [5.41, 5.74) is 11.1. The Morgan fingerprint density at radius 2 is 1.78 bits per heavy atom. The van der Waals surface area contributed by atoms with Crippen LogP contribution in [0, 0.1) is 29.1 Å². The van der Waals surface area contributed by atoms with Crippen LogP contribution >= 0.6 is 0 Å². The normalized spacial score (nSPS) is 21.8. The van der Waals surface area contributed by atoms with Gasteiger partial charge in [0, 0.05) is 79.6 Å². The molecule has 12 nitrogen and oxygen atoms in total. The average Bonchev–Trinajstić information content (AvgIpc) is 3.47. The smallest absolute Gasteiger partial charge is 0.254 e.